The van der Waals surface area contributed by atoms with E-state index in [2.05, 4.69) is 16.0 Å². The van der Waals surface area contributed by atoms with Crippen LogP contribution in [0.15, 0.2) is 70.6 Å². The molecular weight excluding hydrogens is 334 g/mol. The SMILES string of the molecule is N#Cc1ccc(CSc2nc(COc3ccccc3)cc(=O)[nH]2)cc1. The van der Waals surface area contributed by atoms with Crippen molar-refractivity contribution >= 4 is 11.8 Å². The van der Waals surface area contributed by atoms with Crippen LogP contribution in [0.2, 0.25) is 0 Å². The van der Waals surface area contributed by atoms with Crippen LogP contribution < -0.4 is 10.3 Å². The van der Waals surface area contributed by atoms with Crippen LogP contribution in [-0.2, 0) is 12.4 Å². The highest BCUT2D eigenvalue weighted by atomic mass is 32.2. The van der Waals surface area contributed by atoms with Gasteiger partial charge in [0.15, 0.2) is 5.16 Å². The number of H-pyrrole nitrogens is 1. The Morgan fingerprint density at radius 2 is 1.88 bits per heavy atom. The van der Waals surface area contributed by atoms with Crippen LogP contribution in [0.3, 0.4) is 0 Å². The Morgan fingerprint density at radius 1 is 1.12 bits per heavy atom. The van der Waals surface area contributed by atoms with Gasteiger partial charge in [0, 0.05) is 11.8 Å². The van der Waals surface area contributed by atoms with Gasteiger partial charge in [0.25, 0.3) is 5.56 Å². The highest BCUT2D eigenvalue weighted by molar-refractivity contribution is 7.98. The van der Waals surface area contributed by atoms with Gasteiger partial charge in [-0.3, -0.25) is 4.79 Å². The topological polar surface area (TPSA) is 78.8 Å². The summed E-state index contributed by atoms with van der Waals surface area (Å²) in [5.41, 5.74) is 2.05. The molecule has 0 saturated heterocycles. The van der Waals surface area contributed by atoms with Crippen molar-refractivity contribution in [3.63, 3.8) is 0 Å². The van der Waals surface area contributed by atoms with Crippen LogP contribution in [0, 0.1) is 11.3 Å². The number of nitrogens with zero attached hydrogens (tertiary/aromatic N) is 2. The number of ether oxygens (including phenoxy) is 1. The Hall–Kier alpha value is -3.04. The fourth-order valence-electron chi connectivity index (χ4n) is 2.13. The third-order valence-electron chi connectivity index (χ3n) is 3.36. The number of benzene rings is 2. The van der Waals surface area contributed by atoms with Gasteiger partial charge >= 0.3 is 0 Å². The van der Waals surface area contributed by atoms with Gasteiger partial charge in [-0.2, -0.15) is 5.26 Å². The first kappa shape index (κ1) is 16.8. The summed E-state index contributed by atoms with van der Waals surface area (Å²) in [5, 5.41) is 9.36. The molecule has 0 aliphatic carbocycles. The molecule has 0 radical (unpaired) electrons. The van der Waals surface area contributed by atoms with Gasteiger partial charge in [-0.15, -0.1) is 0 Å². The first-order chi connectivity index (χ1) is 12.2. The summed E-state index contributed by atoms with van der Waals surface area (Å²) in [5.74, 6) is 1.38. The largest absolute Gasteiger partial charge is 0.487 e. The molecule has 124 valence electrons. The summed E-state index contributed by atoms with van der Waals surface area (Å²) in [4.78, 5) is 19.0. The molecular formula is C19H15N3O2S. The molecule has 0 aliphatic heterocycles. The zero-order valence-electron chi connectivity index (χ0n) is 13.3. The van der Waals surface area contributed by atoms with Crippen molar-refractivity contribution in [2.24, 2.45) is 0 Å². The van der Waals surface area contributed by atoms with Crippen LogP contribution in [0.25, 0.3) is 0 Å². The predicted molar refractivity (Wildman–Crippen MR) is 96.3 cm³/mol. The van der Waals surface area contributed by atoms with E-state index in [1.807, 2.05) is 42.5 Å². The minimum Gasteiger partial charge on any atom is -0.487 e. The van der Waals surface area contributed by atoms with E-state index in [1.54, 1.807) is 12.1 Å². The summed E-state index contributed by atoms with van der Waals surface area (Å²) in [6, 6.07) is 20.3. The molecule has 3 rings (SSSR count). The standard InChI is InChI=1S/C19H15N3O2S/c20-11-14-6-8-15(9-7-14)13-25-19-21-16(10-18(23)22-19)12-24-17-4-2-1-3-5-17/h1-10H,12-13H2,(H,21,22,23). The summed E-state index contributed by atoms with van der Waals surface area (Å²) in [7, 11) is 0. The van der Waals surface area contributed by atoms with Crippen LogP contribution in [0.4, 0.5) is 0 Å². The minimum atomic E-state index is -0.205. The van der Waals surface area contributed by atoms with Gasteiger partial charge in [-0.05, 0) is 29.8 Å². The summed E-state index contributed by atoms with van der Waals surface area (Å²) in [6.45, 7) is 0.234. The monoisotopic (exact) mass is 349 g/mol. The normalized spacial score (nSPS) is 10.2. The molecule has 0 amide bonds. The molecule has 0 fully saturated rings. The molecule has 25 heavy (non-hydrogen) atoms. The lowest BCUT2D eigenvalue weighted by Crippen LogP contribution is -2.11. The highest BCUT2D eigenvalue weighted by Gasteiger charge is 2.04. The molecule has 1 N–H and O–H groups in total. The van der Waals surface area contributed by atoms with Crippen molar-refractivity contribution in [1.82, 2.24) is 9.97 Å². The van der Waals surface area contributed by atoms with Crippen molar-refractivity contribution in [3.05, 3.63) is 87.8 Å². The summed E-state index contributed by atoms with van der Waals surface area (Å²) < 4.78 is 5.64. The smallest absolute Gasteiger partial charge is 0.251 e. The Bertz CT molecular complexity index is 931. The third-order valence-corrected chi connectivity index (χ3v) is 4.31. The molecule has 0 bridgehead atoms. The number of para-hydroxylation sites is 1. The van der Waals surface area contributed by atoms with E-state index >= 15 is 0 Å². The maximum Gasteiger partial charge on any atom is 0.251 e. The van der Waals surface area contributed by atoms with E-state index in [0.717, 1.165) is 11.3 Å². The third kappa shape index (κ3) is 4.96. The lowest BCUT2D eigenvalue weighted by atomic mass is 10.2. The second-order valence-electron chi connectivity index (χ2n) is 5.24. The van der Waals surface area contributed by atoms with Crippen LogP contribution >= 0.6 is 11.8 Å². The fraction of sp³-hybridized carbons (Fsp3) is 0.105. The number of rotatable bonds is 6. The maximum absolute atomic E-state index is 11.8. The van der Waals surface area contributed by atoms with Crippen molar-refractivity contribution in [3.8, 4) is 11.8 Å². The number of aromatic nitrogens is 2. The molecule has 1 heterocycles. The number of hydrogen-bond donors (Lipinski definition) is 1. The second kappa shape index (κ2) is 8.18. The number of thioether (sulfide) groups is 1. The molecule has 0 spiro atoms. The Morgan fingerprint density at radius 3 is 2.60 bits per heavy atom. The van der Waals surface area contributed by atoms with Crippen LogP contribution in [0.5, 0.6) is 5.75 Å². The Balaban J connectivity index is 1.64. The lowest BCUT2D eigenvalue weighted by molar-refractivity contribution is 0.299. The lowest BCUT2D eigenvalue weighted by Gasteiger charge is -2.07. The molecule has 5 nitrogen and oxygen atoms in total. The van der Waals surface area contributed by atoms with Gasteiger partial charge < -0.3 is 9.72 Å². The van der Waals surface area contributed by atoms with Crippen molar-refractivity contribution in [2.45, 2.75) is 17.5 Å². The molecule has 0 unspecified atom stereocenters. The molecule has 0 aliphatic rings. The highest BCUT2D eigenvalue weighted by Crippen LogP contribution is 2.19. The van der Waals surface area contributed by atoms with Gasteiger partial charge in [0.1, 0.15) is 12.4 Å². The van der Waals surface area contributed by atoms with Gasteiger partial charge in [-0.1, -0.05) is 42.1 Å². The number of aromatic amines is 1. The van der Waals surface area contributed by atoms with E-state index < -0.39 is 0 Å². The van der Waals surface area contributed by atoms with E-state index in [9.17, 15) is 4.79 Å². The first-order valence-electron chi connectivity index (χ1n) is 7.63. The minimum absolute atomic E-state index is 0.205. The fourth-order valence-corrected chi connectivity index (χ4v) is 2.98. The molecule has 3 aromatic rings. The average molecular weight is 349 g/mol. The van der Waals surface area contributed by atoms with Crippen LogP contribution in [0.1, 0.15) is 16.8 Å². The number of nitriles is 1. The number of nitrogens with one attached hydrogen (secondary N) is 1. The van der Waals surface area contributed by atoms with Gasteiger partial charge in [0.05, 0.1) is 17.3 Å². The zero-order valence-corrected chi connectivity index (χ0v) is 14.1. The Labute approximate surface area is 149 Å². The zero-order chi connectivity index (χ0) is 17.5. The molecule has 0 saturated carbocycles. The summed E-state index contributed by atoms with van der Waals surface area (Å²) in [6.07, 6.45) is 0. The maximum atomic E-state index is 11.8. The van der Waals surface area contributed by atoms with E-state index in [-0.39, 0.29) is 12.2 Å². The quantitative estimate of drug-likeness (QED) is 0.544. The molecule has 0 atom stereocenters. The molecule has 1 aromatic heterocycles. The van der Waals surface area contributed by atoms with E-state index in [0.29, 0.717) is 22.2 Å². The molecule has 2 aromatic carbocycles. The molecule has 6 heteroatoms. The van der Waals surface area contributed by atoms with Crippen molar-refractivity contribution in [2.75, 3.05) is 0 Å². The van der Waals surface area contributed by atoms with E-state index in [4.69, 9.17) is 10.00 Å². The van der Waals surface area contributed by atoms with E-state index in [1.165, 1.54) is 17.8 Å². The first-order valence-corrected chi connectivity index (χ1v) is 8.61. The predicted octanol–water partition coefficient (Wildman–Crippen LogP) is 3.51. The van der Waals surface area contributed by atoms with Crippen molar-refractivity contribution in [1.29, 1.82) is 5.26 Å². The number of hydrogen-bond acceptors (Lipinski definition) is 5. The Kier molecular flexibility index (Phi) is 5.50. The van der Waals surface area contributed by atoms with Gasteiger partial charge in [-0.25, -0.2) is 4.98 Å². The average Bonchev–Trinajstić information content (AvgIpc) is 2.66. The second-order valence-corrected chi connectivity index (χ2v) is 6.21. The van der Waals surface area contributed by atoms with Gasteiger partial charge in [0.2, 0.25) is 0 Å². The van der Waals surface area contributed by atoms with Crippen LogP contribution in [-0.4, -0.2) is 9.97 Å². The summed E-state index contributed by atoms with van der Waals surface area (Å²) >= 11 is 1.43. The van der Waals surface area contributed by atoms with Crippen molar-refractivity contribution < 1.29 is 4.74 Å².